The van der Waals surface area contributed by atoms with Crippen LogP contribution in [0, 0.1) is 0 Å². The van der Waals surface area contributed by atoms with Crippen LogP contribution in [0.1, 0.15) is 25.7 Å². The van der Waals surface area contributed by atoms with Gasteiger partial charge in [-0.15, -0.1) is 0 Å². The van der Waals surface area contributed by atoms with E-state index in [1.165, 1.54) is 0 Å². The molecule has 3 rings (SSSR count). The number of hydrogen-bond acceptors (Lipinski definition) is 4. The number of carbonyl (C=O) groups is 2. The maximum absolute atomic E-state index is 12.3. The molecule has 0 unspecified atom stereocenters. The molecule has 3 heterocycles. The Hall–Kier alpha value is -2.11. The molecule has 6 heteroatoms. The topological polar surface area (TPSA) is 56.8 Å². The van der Waals surface area contributed by atoms with Crippen LogP contribution in [0.25, 0.3) is 0 Å². The van der Waals surface area contributed by atoms with E-state index < -0.39 is 0 Å². The summed E-state index contributed by atoms with van der Waals surface area (Å²) in [7, 11) is 0. The number of hydrogen-bond donors (Lipinski definition) is 0. The largest absolute Gasteiger partial charge is 0.367 e. The summed E-state index contributed by atoms with van der Waals surface area (Å²) in [6.45, 7) is 4.80. The lowest BCUT2D eigenvalue weighted by molar-refractivity contribution is -0.132. The van der Waals surface area contributed by atoms with Gasteiger partial charge in [-0.05, 0) is 25.0 Å². The van der Waals surface area contributed by atoms with Gasteiger partial charge in [0, 0.05) is 58.3 Å². The normalized spacial score (nSPS) is 18.6. The lowest BCUT2D eigenvalue weighted by Crippen LogP contribution is -2.48. The van der Waals surface area contributed by atoms with Gasteiger partial charge in [-0.1, -0.05) is 0 Å². The van der Waals surface area contributed by atoms with Crippen molar-refractivity contribution in [2.75, 3.05) is 44.2 Å². The third kappa shape index (κ3) is 4.00. The summed E-state index contributed by atoms with van der Waals surface area (Å²) in [5.74, 6) is 0.449. The highest BCUT2D eigenvalue weighted by atomic mass is 16.2. The Morgan fingerprint density at radius 1 is 1.17 bits per heavy atom. The Morgan fingerprint density at radius 2 is 2.00 bits per heavy atom. The predicted molar refractivity (Wildman–Crippen MR) is 88.1 cm³/mol. The van der Waals surface area contributed by atoms with Crippen LogP contribution in [0.4, 0.5) is 5.69 Å². The summed E-state index contributed by atoms with van der Waals surface area (Å²) in [5, 5.41) is 0. The number of rotatable bonds is 5. The summed E-state index contributed by atoms with van der Waals surface area (Å²) in [6.07, 6.45) is 6.58. The molecule has 0 radical (unpaired) electrons. The molecule has 2 aliphatic heterocycles. The number of amides is 2. The van der Waals surface area contributed by atoms with E-state index in [0.29, 0.717) is 12.8 Å². The number of aromatic nitrogens is 1. The maximum atomic E-state index is 12.3. The average molecular weight is 316 g/mol. The second kappa shape index (κ2) is 7.44. The molecule has 2 fully saturated rings. The van der Waals surface area contributed by atoms with E-state index in [9.17, 15) is 9.59 Å². The quantitative estimate of drug-likeness (QED) is 0.817. The van der Waals surface area contributed by atoms with E-state index in [1.54, 1.807) is 6.20 Å². The standard InChI is InChI=1S/C17H24N4O2/c22-16-5-2-8-20(16)9-3-6-17(23)21-12-10-19(11-13-21)15-4-1-7-18-14-15/h1,4,7,14H,2-3,5-6,8-13H2. The summed E-state index contributed by atoms with van der Waals surface area (Å²) < 4.78 is 0. The second-order valence-corrected chi connectivity index (χ2v) is 6.17. The molecular formula is C17H24N4O2. The minimum atomic E-state index is 0.211. The molecule has 0 aromatic carbocycles. The van der Waals surface area contributed by atoms with E-state index in [1.807, 2.05) is 22.1 Å². The van der Waals surface area contributed by atoms with E-state index in [2.05, 4.69) is 16.0 Å². The molecule has 1 aromatic rings. The molecule has 2 saturated heterocycles. The first-order valence-electron chi connectivity index (χ1n) is 8.44. The first-order valence-corrected chi connectivity index (χ1v) is 8.44. The second-order valence-electron chi connectivity index (χ2n) is 6.17. The lowest BCUT2D eigenvalue weighted by atomic mass is 10.2. The molecule has 0 aliphatic carbocycles. The van der Waals surface area contributed by atoms with Crippen LogP contribution < -0.4 is 4.90 Å². The number of carbonyl (C=O) groups excluding carboxylic acids is 2. The Kier molecular flexibility index (Phi) is 5.10. The number of likely N-dealkylation sites (tertiary alicyclic amines) is 1. The summed E-state index contributed by atoms with van der Waals surface area (Å²) >= 11 is 0. The molecule has 0 N–H and O–H groups in total. The van der Waals surface area contributed by atoms with Crippen LogP contribution in [0.2, 0.25) is 0 Å². The van der Waals surface area contributed by atoms with Gasteiger partial charge in [0.15, 0.2) is 0 Å². The molecule has 0 bridgehead atoms. The minimum Gasteiger partial charge on any atom is -0.367 e. The Morgan fingerprint density at radius 3 is 2.65 bits per heavy atom. The highest BCUT2D eigenvalue weighted by molar-refractivity contribution is 5.78. The SMILES string of the molecule is O=C1CCCN1CCCC(=O)N1CCN(c2cccnc2)CC1. The summed E-state index contributed by atoms with van der Waals surface area (Å²) in [5.41, 5.74) is 1.12. The van der Waals surface area contributed by atoms with Gasteiger partial charge in [0.2, 0.25) is 11.8 Å². The van der Waals surface area contributed by atoms with Gasteiger partial charge in [0.1, 0.15) is 0 Å². The molecule has 1 aromatic heterocycles. The zero-order valence-corrected chi connectivity index (χ0v) is 13.5. The average Bonchev–Trinajstić information content (AvgIpc) is 3.01. The van der Waals surface area contributed by atoms with Crippen molar-refractivity contribution < 1.29 is 9.59 Å². The molecule has 6 nitrogen and oxygen atoms in total. The molecule has 0 spiro atoms. The monoisotopic (exact) mass is 316 g/mol. The van der Waals surface area contributed by atoms with Crippen molar-refractivity contribution in [1.29, 1.82) is 0 Å². The van der Waals surface area contributed by atoms with E-state index in [-0.39, 0.29) is 11.8 Å². The fraction of sp³-hybridized carbons (Fsp3) is 0.588. The van der Waals surface area contributed by atoms with Crippen molar-refractivity contribution in [2.24, 2.45) is 0 Å². The minimum absolute atomic E-state index is 0.211. The van der Waals surface area contributed by atoms with Crippen LogP contribution in [0.3, 0.4) is 0 Å². The van der Waals surface area contributed by atoms with Crippen molar-refractivity contribution in [1.82, 2.24) is 14.8 Å². The fourth-order valence-electron chi connectivity index (χ4n) is 3.27. The first-order chi connectivity index (χ1) is 11.2. The molecule has 23 heavy (non-hydrogen) atoms. The van der Waals surface area contributed by atoms with E-state index in [4.69, 9.17) is 0 Å². The van der Waals surface area contributed by atoms with Crippen LogP contribution in [-0.2, 0) is 9.59 Å². The van der Waals surface area contributed by atoms with Gasteiger partial charge in [0.25, 0.3) is 0 Å². The zero-order chi connectivity index (χ0) is 16.1. The molecule has 0 saturated carbocycles. The van der Waals surface area contributed by atoms with Crippen LogP contribution in [0.5, 0.6) is 0 Å². The first kappa shape index (κ1) is 15.8. The van der Waals surface area contributed by atoms with E-state index >= 15 is 0 Å². The van der Waals surface area contributed by atoms with Crippen molar-refractivity contribution in [2.45, 2.75) is 25.7 Å². The summed E-state index contributed by atoms with van der Waals surface area (Å²) in [6, 6.07) is 3.99. The third-order valence-electron chi connectivity index (χ3n) is 4.63. The molecular weight excluding hydrogens is 292 g/mol. The van der Waals surface area contributed by atoms with Crippen LogP contribution in [0.15, 0.2) is 24.5 Å². The number of piperazine rings is 1. The van der Waals surface area contributed by atoms with Crippen LogP contribution in [-0.4, -0.2) is 65.9 Å². The number of pyridine rings is 1. The fourth-order valence-corrected chi connectivity index (χ4v) is 3.27. The zero-order valence-electron chi connectivity index (χ0n) is 13.5. The van der Waals surface area contributed by atoms with Crippen molar-refractivity contribution in [3.05, 3.63) is 24.5 Å². The summed E-state index contributed by atoms with van der Waals surface area (Å²) in [4.78, 5) is 34.1. The van der Waals surface area contributed by atoms with Gasteiger partial charge in [-0.3, -0.25) is 14.6 Å². The molecule has 0 atom stereocenters. The van der Waals surface area contributed by atoms with Gasteiger partial charge >= 0.3 is 0 Å². The third-order valence-corrected chi connectivity index (χ3v) is 4.63. The van der Waals surface area contributed by atoms with Crippen LogP contribution >= 0.6 is 0 Å². The van der Waals surface area contributed by atoms with E-state index in [0.717, 1.165) is 57.8 Å². The van der Waals surface area contributed by atoms with Gasteiger partial charge < -0.3 is 14.7 Å². The van der Waals surface area contributed by atoms with Gasteiger partial charge in [-0.25, -0.2) is 0 Å². The van der Waals surface area contributed by atoms with Crippen molar-refractivity contribution >= 4 is 17.5 Å². The Balaban J connectivity index is 1.39. The lowest BCUT2D eigenvalue weighted by Gasteiger charge is -2.36. The van der Waals surface area contributed by atoms with Crippen molar-refractivity contribution in [3.63, 3.8) is 0 Å². The molecule has 2 amide bonds. The Bertz CT molecular complexity index is 541. The highest BCUT2D eigenvalue weighted by Crippen LogP contribution is 2.15. The molecule has 124 valence electrons. The smallest absolute Gasteiger partial charge is 0.222 e. The molecule has 2 aliphatic rings. The number of nitrogens with zero attached hydrogens (tertiary/aromatic N) is 4. The van der Waals surface area contributed by atoms with Crippen molar-refractivity contribution in [3.8, 4) is 0 Å². The Labute approximate surface area is 137 Å². The highest BCUT2D eigenvalue weighted by Gasteiger charge is 2.23. The van der Waals surface area contributed by atoms with Gasteiger partial charge in [0.05, 0.1) is 11.9 Å². The predicted octanol–water partition coefficient (Wildman–Crippen LogP) is 1.13. The number of anilines is 1. The van der Waals surface area contributed by atoms with Gasteiger partial charge in [-0.2, -0.15) is 0 Å². The maximum Gasteiger partial charge on any atom is 0.222 e.